The van der Waals surface area contributed by atoms with Crippen LogP contribution in [0.15, 0.2) is 29.2 Å². The second kappa shape index (κ2) is 8.23. The molecule has 5 atom stereocenters. The summed E-state index contributed by atoms with van der Waals surface area (Å²) < 4.78 is 61.9. The number of ether oxygens (including phenoxy) is 1. The summed E-state index contributed by atoms with van der Waals surface area (Å²) in [5.41, 5.74) is -0.949. The molecule has 1 saturated heterocycles. The number of carbonyl (C=O) groups is 1. The van der Waals surface area contributed by atoms with Gasteiger partial charge in [-0.2, -0.15) is 0 Å². The van der Waals surface area contributed by atoms with E-state index in [0.717, 1.165) is 22.9 Å². The van der Waals surface area contributed by atoms with Crippen LogP contribution in [-0.4, -0.2) is 50.7 Å². The van der Waals surface area contributed by atoms with Crippen LogP contribution in [0.25, 0.3) is 0 Å². The van der Waals surface area contributed by atoms with Gasteiger partial charge in [0.05, 0.1) is 12.2 Å². The van der Waals surface area contributed by atoms with Gasteiger partial charge < -0.3 is 19.5 Å². The van der Waals surface area contributed by atoms with E-state index in [1.165, 1.54) is 6.07 Å². The van der Waals surface area contributed by atoms with E-state index in [0.29, 0.717) is 0 Å². The van der Waals surface area contributed by atoms with Crippen LogP contribution in [0, 0.1) is 10.6 Å². The number of H-pyrrole nitrogens is 1. The number of phosphoric ester groups is 1. The Hall–Kier alpha value is -2.32. The molecule has 0 amide bonds. The first-order chi connectivity index (χ1) is 15.0. The normalized spacial score (nSPS) is 31.7. The summed E-state index contributed by atoms with van der Waals surface area (Å²) in [6.45, 7) is -1.55. The number of phosphoric acid groups is 1. The number of aliphatic hydroxyl groups excluding tert-OH is 2. The lowest BCUT2D eigenvalue weighted by Crippen LogP contribution is -2.43. The number of nitrogens with zero attached hydrogens (tertiary/aromatic N) is 1. The van der Waals surface area contributed by atoms with E-state index in [9.17, 15) is 28.8 Å². The van der Waals surface area contributed by atoms with Gasteiger partial charge >= 0.3 is 7.82 Å². The average molecular weight is 492 g/mol. The Labute approximate surface area is 182 Å². The molecule has 2 aliphatic rings. The zero-order chi connectivity index (χ0) is 23.3. The van der Waals surface area contributed by atoms with Crippen LogP contribution in [0.1, 0.15) is 22.1 Å². The standard InChI is InChI=1S/C17H15F2N2O9PS/c18-10-1-2-11-8(3-10)6-27-31(26,30-11)28-7-17(19)13(24)12(23)15(29-17)21-4-9(5-22)14(25)20-16(21)32/h1-5,12-13,15,23-24H,6-7H2,(H,20,25,32)/t12-,13+,15-,17-,31?/m1/s1. The highest BCUT2D eigenvalue weighted by molar-refractivity contribution is 7.71. The minimum absolute atomic E-state index is 0.000582. The number of fused-ring (bicyclic) bond motifs is 1. The maximum absolute atomic E-state index is 15.3. The molecular weight excluding hydrogens is 477 g/mol. The summed E-state index contributed by atoms with van der Waals surface area (Å²) in [7, 11) is -4.38. The number of hydrogen-bond acceptors (Lipinski definition) is 10. The number of rotatable bonds is 5. The first kappa shape index (κ1) is 22.9. The molecule has 0 radical (unpaired) electrons. The fourth-order valence-electron chi connectivity index (χ4n) is 3.14. The SMILES string of the molecule is O=Cc1cn([C@@H]2O[C@](F)(COP3(=O)OCc4cc(F)ccc4O3)[C@@H](O)[C@H]2O)c(=S)[nH]c1=O. The lowest BCUT2D eigenvalue weighted by Gasteiger charge is -2.28. The molecule has 2 aliphatic heterocycles. The van der Waals surface area contributed by atoms with Gasteiger partial charge in [0.1, 0.15) is 30.4 Å². The monoisotopic (exact) mass is 492 g/mol. The number of aldehydes is 1. The molecular formula is C17H15F2N2O9PS. The number of aromatic amines is 1. The molecule has 172 valence electrons. The molecule has 11 nitrogen and oxygen atoms in total. The fraction of sp³-hybridized carbons (Fsp3) is 0.353. The van der Waals surface area contributed by atoms with Gasteiger partial charge in [-0.25, -0.2) is 13.3 Å². The van der Waals surface area contributed by atoms with Crippen molar-refractivity contribution in [2.45, 2.75) is 30.9 Å². The van der Waals surface area contributed by atoms with Crippen molar-refractivity contribution in [2.24, 2.45) is 0 Å². The number of benzene rings is 1. The van der Waals surface area contributed by atoms with Crippen LogP contribution in [0.4, 0.5) is 8.78 Å². The Morgan fingerprint density at radius 1 is 1.44 bits per heavy atom. The molecule has 1 aromatic carbocycles. The van der Waals surface area contributed by atoms with Crippen molar-refractivity contribution in [1.82, 2.24) is 9.55 Å². The minimum atomic E-state index is -4.38. The Balaban J connectivity index is 1.53. The zero-order valence-corrected chi connectivity index (χ0v) is 17.6. The van der Waals surface area contributed by atoms with Crippen molar-refractivity contribution >= 4 is 26.3 Å². The van der Waals surface area contributed by atoms with Gasteiger partial charge in [0, 0.05) is 11.8 Å². The van der Waals surface area contributed by atoms with E-state index in [1.54, 1.807) is 0 Å². The maximum atomic E-state index is 15.3. The molecule has 3 heterocycles. The third kappa shape index (κ3) is 4.06. The van der Waals surface area contributed by atoms with E-state index in [1.807, 2.05) is 0 Å². The average Bonchev–Trinajstić information content (AvgIpc) is 2.97. The van der Waals surface area contributed by atoms with Gasteiger partial charge in [0.25, 0.3) is 11.4 Å². The molecule has 1 fully saturated rings. The largest absolute Gasteiger partial charge is 0.530 e. The van der Waals surface area contributed by atoms with Crippen LogP contribution in [0.2, 0.25) is 0 Å². The number of nitrogens with one attached hydrogen (secondary N) is 1. The molecule has 3 N–H and O–H groups in total. The maximum Gasteiger partial charge on any atom is 0.530 e. The van der Waals surface area contributed by atoms with Crippen LogP contribution >= 0.6 is 20.0 Å². The van der Waals surface area contributed by atoms with Crippen molar-refractivity contribution in [1.29, 1.82) is 0 Å². The summed E-state index contributed by atoms with van der Waals surface area (Å²) in [4.78, 5) is 24.8. The van der Waals surface area contributed by atoms with E-state index in [4.69, 9.17) is 30.5 Å². The number of alkyl halides is 1. The molecule has 1 aromatic heterocycles. The number of hydrogen-bond donors (Lipinski definition) is 3. The van der Waals surface area contributed by atoms with Gasteiger partial charge in [-0.15, -0.1) is 0 Å². The number of aliphatic hydroxyl groups is 2. The minimum Gasteiger partial charge on any atom is -0.404 e. The molecule has 15 heteroatoms. The second-order valence-corrected chi connectivity index (χ2v) is 8.92. The lowest BCUT2D eigenvalue weighted by atomic mass is 10.1. The predicted octanol–water partition coefficient (Wildman–Crippen LogP) is 1.51. The van der Waals surface area contributed by atoms with Crippen LogP contribution in [0.3, 0.4) is 0 Å². The summed E-state index contributed by atoms with van der Waals surface area (Å²) in [5, 5.41) is 20.5. The van der Waals surface area contributed by atoms with Gasteiger partial charge in [0.15, 0.2) is 17.3 Å². The Morgan fingerprint density at radius 3 is 2.91 bits per heavy atom. The Bertz CT molecular complexity index is 1240. The highest BCUT2D eigenvalue weighted by Gasteiger charge is 2.57. The number of carbonyl (C=O) groups excluding carboxylic acids is 1. The number of halogens is 2. The summed E-state index contributed by atoms with van der Waals surface area (Å²) >= 11 is 4.94. The zero-order valence-electron chi connectivity index (χ0n) is 15.8. The molecule has 32 heavy (non-hydrogen) atoms. The quantitative estimate of drug-likeness (QED) is 0.319. The van der Waals surface area contributed by atoms with Crippen molar-refractivity contribution < 1.29 is 46.7 Å². The molecule has 1 unspecified atom stereocenters. The highest BCUT2D eigenvalue weighted by atomic mass is 32.1. The van der Waals surface area contributed by atoms with Crippen molar-refractivity contribution in [3.05, 3.63) is 56.5 Å². The van der Waals surface area contributed by atoms with E-state index in [2.05, 4.69) is 4.98 Å². The third-order valence-corrected chi connectivity index (χ3v) is 6.42. The molecule has 0 aliphatic carbocycles. The van der Waals surface area contributed by atoms with Gasteiger partial charge in [-0.3, -0.25) is 28.2 Å². The van der Waals surface area contributed by atoms with Crippen molar-refractivity contribution in [2.75, 3.05) is 6.61 Å². The van der Waals surface area contributed by atoms with E-state index in [-0.39, 0.29) is 34.5 Å². The Kier molecular flexibility index (Phi) is 5.88. The Morgan fingerprint density at radius 2 is 2.19 bits per heavy atom. The second-order valence-electron chi connectivity index (χ2n) is 6.94. The molecule has 4 rings (SSSR count). The van der Waals surface area contributed by atoms with E-state index >= 15 is 4.39 Å². The third-order valence-electron chi connectivity index (χ3n) is 4.80. The smallest absolute Gasteiger partial charge is 0.404 e. The summed E-state index contributed by atoms with van der Waals surface area (Å²) in [6, 6.07) is 3.34. The van der Waals surface area contributed by atoms with Crippen LogP contribution < -0.4 is 10.1 Å². The van der Waals surface area contributed by atoms with Gasteiger partial charge in [0.2, 0.25) is 0 Å². The summed E-state index contributed by atoms with van der Waals surface area (Å²) in [5.74, 6) is -3.68. The lowest BCUT2D eigenvalue weighted by molar-refractivity contribution is -0.205. The topological polar surface area (TPSA) is 149 Å². The first-order valence-electron chi connectivity index (χ1n) is 8.96. The van der Waals surface area contributed by atoms with Crippen molar-refractivity contribution in [3.8, 4) is 5.75 Å². The highest BCUT2D eigenvalue weighted by Crippen LogP contribution is 2.55. The van der Waals surface area contributed by atoms with Crippen LogP contribution in [0.5, 0.6) is 5.75 Å². The van der Waals surface area contributed by atoms with Crippen molar-refractivity contribution in [3.63, 3.8) is 0 Å². The molecule has 0 bridgehead atoms. The first-order valence-corrected chi connectivity index (χ1v) is 10.8. The molecule has 2 aromatic rings. The summed E-state index contributed by atoms with van der Waals surface area (Å²) in [6.07, 6.45) is -4.66. The van der Waals surface area contributed by atoms with Crippen LogP contribution in [-0.2, 0) is 25.0 Å². The fourth-order valence-corrected chi connectivity index (χ4v) is 4.62. The molecule has 0 spiro atoms. The van der Waals surface area contributed by atoms with E-state index < -0.39 is 50.1 Å². The van der Waals surface area contributed by atoms with Gasteiger partial charge in [-0.1, -0.05) is 0 Å². The molecule has 0 saturated carbocycles. The van der Waals surface area contributed by atoms with Gasteiger partial charge in [-0.05, 0) is 30.4 Å². The number of aromatic nitrogens is 2. The predicted molar refractivity (Wildman–Crippen MR) is 103 cm³/mol.